The van der Waals surface area contributed by atoms with Gasteiger partial charge in [0.1, 0.15) is 5.82 Å². The van der Waals surface area contributed by atoms with Gasteiger partial charge in [0.25, 0.3) is 0 Å². The normalized spacial score (nSPS) is 20.0. The van der Waals surface area contributed by atoms with Gasteiger partial charge >= 0.3 is 5.97 Å². The molecule has 0 bridgehead atoms. The predicted molar refractivity (Wildman–Crippen MR) is 73.4 cm³/mol. The monoisotopic (exact) mass is 301 g/mol. The van der Waals surface area contributed by atoms with Gasteiger partial charge in [-0.1, -0.05) is 17.7 Å². The number of ether oxygens (including phenoxy) is 1. The van der Waals surface area contributed by atoms with Gasteiger partial charge in [-0.05, 0) is 25.1 Å². The number of morpholine rings is 1. The lowest BCUT2D eigenvalue weighted by Gasteiger charge is -2.33. The first-order valence-electron chi connectivity index (χ1n) is 6.57. The maximum absolute atomic E-state index is 13.0. The predicted octanol–water partition coefficient (Wildman–Crippen LogP) is 2.72. The molecule has 2 rings (SSSR count). The van der Waals surface area contributed by atoms with Crippen molar-refractivity contribution in [2.24, 2.45) is 0 Å². The van der Waals surface area contributed by atoms with Crippen LogP contribution in [0.2, 0.25) is 5.02 Å². The Morgan fingerprint density at radius 3 is 3.05 bits per heavy atom. The summed E-state index contributed by atoms with van der Waals surface area (Å²) in [5.74, 6) is -1.15. The number of halogens is 2. The first-order valence-corrected chi connectivity index (χ1v) is 6.95. The molecule has 1 aromatic carbocycles. The molecule has 1 aromatic rings. The summed E-state index contributed by atoms with van der Waals surface area (Å²) in [6.07, 6.45) is 0.583. The van der Waals surface area contributed by atoms with E-state index in [0.29, 0.717) is 31.1 Å². The smallest absolute Gasteiger partial charge is 0.303 e. The average molecular weight is 302 g/mol. The van der Waals surface area contributed by atoms with Gasteiger partial charge in [-0.2, -0.15) is 0 Å². The Morgan fingerprint density at radius 2 is 2.35 bits per heavy atom. The summed E-state index contributed by atoms with van der Waals surface area (Å²) in [5.41, 5.74) is 0.774. The van der Waals surface area contributed by atoms with Crippen molar-refractivity contribution < 1.29 is 19.0 Å². The van der Waals surface area contributed by atoms with Crippen LogP contribution in [-0.4, -0.2) is 42.2 Å². The van der Waals surface area contributed by atoms with Gasteiger partial charge in [0.2, 0.25) is 0 Å². The molecule has 110 valence electrons. The summed E-state index contributed by atoms with van der Waals surface area (Å²) >= 11 is 6.04. The van der Waals surface area contributed by atoms with Gasteiger partial charge in [-0.15, -0.1) is 0 Å². The van der Waals surface area contributed by atoms with Crippen LogP contribution in [0.3, 0.4) is 0 Å². The maximum atomic E-state index is 13.0. The van der Waals surface area contributed by atoms with Crippen LogP contribution in [-0.2, 0) is 9.53 Å². The molecular weight excluding hydrogens is 285 g/mol. The number of carboxylic acid groups (broad SMARTS) is 1. The van der Waals surface area contributed by atoms with E-state index in [9.17, 15) is 9.18 Å². The topological polar surface area (TPSA) is 49.8 Å². The second-order valence-corrected chi connectivity index (χ2v) is 5.23. The Bertz CT molecular complexity index is 483. The molecule has 0 amide bonds. The zero-order chi connectivity index (χ0) is 14.5. The van der Waals surface area contributed by atoms with Crippen LogP contribution >= 0.6 is 11.6 Å². The van der Waals surface area contributed by atoms with Gasteiger partial charge in [-0.3, -0.25) is 9.69 Å². The molecule has 1 saturated heterocycles. The molecule has 1 N–H and O–H groups in total. The van der Waals surface area contributed by atoms with Crippen LogP contribution in [0.1, 0.15) is 24.5 Å². The van der Waals surface area contributed by atoms with Gasteiger partial charge in [0, 0.05) is 30.1 Å². The largest absolute Gasteiger partial charge is 0.481 e. The molecule has 0 saturated carbocycles. The molecule has 1 atom stereocenters. The van der Waals surface area contributed by atoms with E-state index in [1.807, 2.05) is 0 Å². The van der Waals surface area contributed by atoms with Crippen molar-refractivity contribution in [3.8, 4) is 0 Å². The van der Waals surface area contributed by atoms with E-state index in [1.165, 1.54) is 12.1 Å². The number of rotatable bonds is 5. The number of carboxylic acids is 1. The Balaban J connectivity index is 1.94. The molecule has 20 heavy (non-hydrogen) atoms. The molecule has 1 aliphatic heterocycles. The summed E-state index contributed by atoms with van der Waals surface area (Å²) in [4.78, 5) is 12.7. The molecule has 1 heterocycles. The van der Waals surface area contributed by atoms with Crippen LogP contribution in [0.15, 0.2) is 18.2 Å². The molecular formula is C14H17ClFNO3. The van der Waals surface area contributed by atoms with E-state index < -0.39 is 5.97 Å². The molecule has 0 spiro atoms. The Kier molecular flexibility index (Phi) is 5.34. The van der Waals surface area contributed by atoms with Gasteiger partial charge in [-0.25, -0.2) is 4.39 Å². The second kappa shape index (κ2) is 7.02. The van der Waals surface area contributed by atoms with Crippen LogP contribution < -0.4 is 0 Å². The zero-order valence-electron chi connectivity index (χ0n) is 11.0. The highest BCUT2D eigenvalue weighted by Crippen LogP contribution is 2.29. The number of nitrogens with zero attached hydrogens (tertiary/aromatic N) is 1. The first-order chi connectivity index (χ1) is 9.56. The minimum atomic E-state index is -0.781. The van der Waals surface area contributed by atoms with Gasteiger partial charge in [0.15, 0.2) is 0 Å². The summed E-state index contributed by atoms with van der Waals surface area (Å²) in [7, 11) is 0. The number of hydrogen-bond donors (Lipinski definition) is 1. The Hall–Kier alpha value is -1.17. The van der Waals surface area contributed by atoms with Crippen molar-refractivity contribution in [1.82, 2.24) is 4.90 Å². The maximum Gasteiger partial charge on any atom is 0.303 e. The first kappa shape index (κ1) is 15.2. The summed E-state index contributed by atoms with van der Waals surface area (Å²) in [6.45, 7) is 2.69. The molecule has 0 aliphatic carbocycles. The highest BCUT2D eigenvalue weighted by molar-refractivity contribution is 6.31. The van der Waals surface area contributed by atoms with Crippen molar-refractivity contribution >= 4 is 17.6 Å². The summed E-state index contributed by atoms with van der Waals surface area (Å²) in [6, 6.07) is 4.29. The van der Waals surface area contributed by atoms with Crippen molar-refractivity contribution in [1.29, 1.82) is 0 Å². The highest BCUT2D eigenvalue weighted by atomic mass is 35.5. The van der Waals surface area contributed by atoms with E-state index in [1.54, 1.807) is 6.07 Å². The lowest BCUT2D eigenvalue weighted by Crippen LogP contribution is -2.39. The zero-order valence-corrected chi connectivity index (χ0v) is 11.8. The average Bonchev–Trinajstić information content (AvgIpc) is 2.38. The van der Waals surface area contributed by atoms with E-state index >= 15 is 0 Å². The third-order valence-corrected chi connectivity index (χ3v) is 3.65. The molecule has 0 radical (unpaired) electrons. The van der Waals surface area contributed by atoms with Crippen LogP contribution in [0.5, 0.6) is 0 Å². The second-order valence-electron chi connectivity index (χ2n) is 4.82. The third kappa shape index (κ3) is 4.16. The molecule has 1 aliphatic rings. The van der Waals surface area contributed by atoms with Crippen molar-refractivity contribution in [3.05, 3.63) is 34.6 Å². The fourth-order valence-electron chi connectivity index (χ4n) is 2.31. The van der Waals surface area contributed by atoms with Crippen molar-refractivity contribution in [2.45, 2.75) is 18.9 Å². The molecule has 1 unspecified atom stereocenters. The van der Waals surface area contributed by atoms with E-state index in [0.717, 1.165) is 12.1 Å². The number of aliphatic carboxylic acids is 1. The van der Waals surface area contributed by atoms with Crippen molar-refractivity contribution in [3.63, 3.8) is 0 Å². The standard InChI is InChI=1S/C14H17ClFNO3/c15-12-8-10(16)3-4-11(12)13-9-17(6-7-20-13)5-1-2-14(18)19/h3-4,8,13H,1-2,5-7,9H2,(H,18,19). The fraction of sp³-hybridized carbons (Fsp3) is 0.500. The summed E-state index contributed by atoms with van der Waals surface area (Å²) < 4.78 is 18.7. The van der Waals surface area contributed by atoms with Gasteiger partial charge in [0.05, 0.1) is 12.7 Å². The highest BCUT2D eigenvalue weighted by Gasteiger charge is 2.23. The Labute approximate surface area is 122 Å². The van der Waals surface area contributed by atoms with Crippen LogP contribution in [0.25, 0.3) is 0 Å². The number of hydrogen-bond acceptors (Lipinski definition) is 3. The minimum Gasteiger partial charge on any atom is -0.481 e. The molecule has 1 fully saturated rings. The molecule has 0 aromatic heterocycles. The lowest BCUT2D eigenvalue weighted by atomic mass is 10.1. The fourth-order valence-corrected chi connectivity index (χ4v) is 2.60. The summed E-state index contributed by atoms with van der Waals surface area (Å²) in [5, 5.41) is 9.00. The number of carbonyl (C=O) groups is 1. The molecule has 4 nitrogen and oxygen atoms in total. The van der Waals surface area contributed by atoms with E-state index in [-0.39, 0.29) is 18.3 Å². The van der Waals surface area contributed by atoms with Gasteiger partial charge < -0.3 is 9.84 Å². The van der Waals surface area contributed by atoms with E-state index in [4.69, 9.17) is 21.4 Å². The third-order valence-electron chi connectivity index (χ3n) is 3.32. The van der Waals surface area contributed by atoms with E-state index in [2.05, 4.69) is 4.90 Å². The number of benzene rings is 1. The Morgan fingerprint density at radius 1 is 1.55 bits per heavy atom. The quantitative estimate of drug-likeness (QED) is 0.908. The lowest BCUT2D eigenvalue weighted by molar-refractivity contribution is -0.137. The molecule has 6 heteroatoms. The van der Waals surface area contributed by atoms with Crippen LogP contribution in [0, 0.1) is 5.82 Å². The SMILES string of the molecule is O=C(O)CCCN1CCOC(c2ccc(F)cc2Cl)C1. The van der Waals surface area contributed by atoms with Crippen LogP contribution in [0.4, 0.5) is 4.39 Å². The minimum absolute atomic E-state index is 0.166. The van der Waals surface area contributed by atoms with Crippen molar-refractivity contribution in [2.75, 3.05) is 26.2 Å².